The van der Waals surface area contributed by atoms with Gasteiger partial charge in [0.25, 0.3) is 0 Å². The average molecular weight is 322 g/mol. The molecule has 128 valence electrons. The number of ether oxygens (including phenoxy) is 3. The first kappa shape index (κ1) is 22.1. The maximum absolute atomic E-state index is 11.0. The fourth-order valence-corrected chi connectivity index (χ4v) is 0.773. The van der Waals surface area contributed by atoms with E-state index in [1.54, 1.807) is 0 Å². The molecule has 0 fully saturated rings. The van der Waals surface area contributed by atoms with Crippen molar-refractivity contribution in [3.63, 3.8) is 0 Å². The lowest BCUT2D eigenvalue weighted by atomic mass is 10.4. The second-order valence-electron chi connectivity index (χ2n) is 3.86. The van der Waals surface area contributed by atoms with Gasteiger partial charge in [-0.1, -0.05) is 26.7 Å². The van der Waals surface area contributed by atoms with Crippen molar-refractivity contribution < 1.29 is 43.6 Å². The van der Waals surface area contributed by atoms with Crippen molar-refractivity contribution in [3.8, 4) is 0 Å². The zero-order chi connectivity index (χ0) is 17.5. The molecule has 0 aromatic rings. The van der Waals surface area contributed by atoms with Gasteiger partial charge in [-0.05, 0) is 6.92 Å². The molecule has 2 N–H and O–H groups in total. The summed E-state index contributed by atoms with van der Waals surface area (Å²) in [6.07, 6.45) is 0.778. The van der Waals surface area contributed by atoms with Gasteiger partial charge >= 0.3 is 30.4 Å². The van der Waals surface area contributed by atoms with Gasteiger partial charge in [0.15, 0.2) is 0 Å². The van der Waals surface area contributed by atoms with Gasteiger partial charge in [-0.2, -0.15) is 0 Å². The van der Waals surface area contributed by atoms with E-state index in [2.05, 4.69) is 28.1 Å². The van der Waals surface area contributed by atoms with Crippen LogP contribution in [0.25, 0.3) is 0 Å². The Morgan fingerprint density at radius 3 is 1.41 bits per heavy atom. The summed E-state index contributed by atoms with van der Waals surface area (Å²) >= 11 is 0. The van der Waals surface area contributed by atoms with E-state index in [0.29, 0.717) is 0 Å². The topological polar surface area (TPSA) is 136 Å². The monoisotopic (exact) mass is 322 g/mol. The van der Waals surface area contributed by atoms with Gasteiger partial charge in [0.2, 0.25) is 0 Å². The number of hydrogen-bond donors (Lipinski definition) is 2. The minimum atomic E-state index is -1.76. The highest BCUT2D eigenvalue weighted by molar-refractivity contribution is 5.91. The highest BCUT2D eigenvalue weighted by Crippen LogP contribution is 2.02. The molecule has 0 aliphatic rings. The van der Waals surface area contributed by atoms with Gasteiger partial charge < -0.3 is 24.4 Å². The summed E-state index contributed by atoms with van der Waals surface area (Å²) in [5.41, 5.74) is 0. The molecule has 0 spiro atoms. The summed E-state index contributed by atoms with van der Waals surface area (Å²) in [6, 6.07) is 0. The van der Waals surface area contributed by atoms with Crippen LogP contribution in [0.5, 0.6) is 0 Å². The van der Waals surface area contributed by atoms with Gasteiger partial charge in [0.1, 0.15) is 12.8 Å². The minimum absolute atomic E-state index is 0.00533. The molecule has 0 aromatic carbocycles. The summed E-state index contributed by atoms with van der Waals surface area (Å²) in [5, 5.41) is 16.6. The lowest BCUT2D eigenvalue weighted by Crippen LogP contribution is -2.29. The molecule has 0 saturated carbocycles. The third-order valence-corrected chi connectivity index (χ3v) is 1.85. The largest absolute Gasteiger partial charge is 0.481 e. The third-order valence-electron chi connectivity index (χ3n) is 1.85. The summed E-state index contributed by atoms with van der Waals surface area (Å²) in [6.45, 7) is 4.11. The van der Waals surface area contributed by atoms with Gasteiger partial charge in [-0.3, -0.25) is 19.2 Å². The lowest BCUT2D eigenvalue weighted by Gasteiger charge is -2.16. The molecule has 9 nitrogen and oxygen atoms in total. The molecule has 0 rings (SSSR count). The van der Waals surface area contributed by atoms with E-state index < -0.39 is 43.2 Å². The van der Waals surface area contributed by atoms with Crippen molar-refractivity contribution >= 4 is 23.9 Å². The Hall–Kier alpha value is -2.16. The predicted octanol–water partition coefficient (Wildman–Crippen LogP) is 1.15. The molecule has 0 heterocycles. The number of carbonyl (C=O) groups is 4. The van der Waals surface area contributed by atoms with Crippen LogP contribution in [0.3, 0.4) is 0 Å². The molecule has 0 aliphatic heterocycles. The van der Waals surface area contributed by atoms with Gasteiger partial charge in [-0.15, -0.1) is 0 Å². The molecule has 0 aromatic heterocycles. The van der Waals surface area contributed by atoms with Gasteiger partial charge in [0, 0.05) is 0 Å². The maximum Gasteiger partial charge on any atom is 0.365 e. The molecule has 9 heteroatoms. The van der Waals surface area contributed by atoms with Crippen molar-refractivity contribution in [2.45, 2.75) is 52.9 Å². The molecule has 0 saturated heterocycles. The van der Waals surface area contributed by atoms with E-state index in [0.717, 1.165) is 0 Å². The smallest absolute Gasteiger partial charge is 0.365 e. The molecule has 0 unspecified atom stereocenters. The van der Waals surface area contributed by atoms with Crippen LogP contribution in [0.15, 0.2) is 0 Å². The van der Waals surface area contributed by atoms with Crippen molar-refractivity contribution in [2.24, 2.45) is 0 Å². The first-order chi connectivity index (χ1) is 10.3. The number of rotatable bonds is 9. The fraction of sp³-hybridized carbons (Fsp3) is 0.692. The Labute approximate surface area is 128 Å². The number of esters is 2. The molecule has 0 atom stereocenters. The Morgan fingerprint density at radius 2 is 1.18 bits per heavy atom. The van der Waals surface area contributed by atoms with Crippen LogP contribution >= 0.6 is 0 Å². The van der Waals surface area contributed by atoms with E-state index in [1.807, 2.05) is 0 Å². The Balaban J connectivity index is 0. The van der Waals surface area contributed by atoms with E-state index in [-0.39, 0.29) is 6.61 Å². The quantitative estimate of drug-likeness (QED) is 0.364. The van der Waals surface area contributed by atoms with Crippen LogP contribution in [0.2, 0.25) is 0 Å². The number of carboxylic acids is 2. The van der Waals surface area contributed by atoms with Gasteiger partial charge in [0.05, 0.1) is 6.61 Å². The Bertz CT molecular complexity index is 333. The van der Waals surface area contributed by atoms with Crippen molar-refractivity contribution in [2.75, 3.05) is 6.61 Å². The molecule has 22 heavy (non-hydrogen) atoms. The second-order valence-corrected chi connectivity index (χ2v) is 3.86. The standard InChI is InChI=1S/C9H12O9.C4H10/c1-2-16-9(17-7(14)3-5(10)11)18-8(15)4-6(12)13;1-3-4-2/h9H,2-4H2,1H3,(H,10,11)(H,12,13);3-4H2,1-2H3. The summed E-state index contributed by atoms with van der Waals surface area (Å²) < 4.78 is 13.4. The van der Waals surface area contributed by atoms with Crippen molar-refractivity contribution in [3.05, 3.63) is 0 Å². The molecular weight excluding hydrogens is 300 g/mol. The molecule has 0 aliphatic carbocycles. The molecule has 0 bridgehead atoms. The summed E-state index contributed by atoms with van der Waals surface area (Å²) in [5.74, 6) is -5.20. The minimum Gasteiger partial charge on any atom is -0.481 e. The highest BCUT2D eigenvalue weighted by atomic mass is 16.9. The first-order valence-electron chi connectivity index (χ1n) is 6.70. The number of carboxylic acid groups (broad SMARTS) is 2. The SMILES string of the molecule is CCCC.CCOC(OC(=O)CC(=O)O)OC(=O)CC(=O)O. The van der Waals surface area contributed by atoms with Crippen LogP contribution < -0.4 is 0 Å². The molecule has 0 amide bonds. The van der Waals surface area contributed by atoms with E-state index in [1.165, 1.54) is 19.8 Å². The van der Waals surface area contributed by atoms with E-state index >= 15 is 0 Å². The van der Waals surface area contributed by atoms with E-state index in [4.69, 9.17) is 10.2 Å². The second kappa shape index (κ2) is 13.8. The van der Waals surface area contributed by atoms with Crippen molar-refractivity contribution in [1.82, 2.24) is 0 Å². The zero-order valence-electron chi connectivity index (χ0n) is 12.9. The van der Waals surface area contributed by atoms with Crippen LogP contribution in [0.4, 0.5) is 0 Å². The lowest BCUT2D eigenvalue weighted by molar-refractivity contribution is -0.264. The van der Waals surface area contributed by atoms with Crippen LogP contribution in [0, 0.1) is 0 Å². The van der Waals surface area contributed by atoms with Crippen LogP contribution in [-0.4, -0.2) is 47.2 Å². The molecular formula is C13H22O9. The first-order valence-corrected chi connectivity index (χ1v) is 6.70. The number of aliphatic carboxylic acids is 2. The average Bonchev–Trinajstić information content (AvgIpc) is 2.37. The summed E-state index contributed by atoms with van der Waals surface area (Å²) in [4.78, 5) is 42.3. The predicted molar refractivity (Wildman–Crippen MR) is 72.7 cm³/mol. The van der Waals surface area contributed by atoms with E-state index in [9.17, 15) is 19.2 Å². The van der Waals surface area contributed by atoms with Gasteiger partial charge in [-0.25, -0.2) is 0 Å². The normalized spacial score (nSPS) is 9.45. The number of unbranched alkanes of at least 4 members (excludes halogenated alkanes) is 1. The summed E-state index contributed by atoms with van der Waals surface area (Å²) in [7, 11) is 0. The fourth-order valence-electron chi connectivity index (χ4n) is 0.773. The Morgan fingerprint density at radius 1 is 0.818 bits per heavy atom. The highest BCUT2D eigenvalue weighted by Gasteiger charge is 2.22. The number of carbonyl (C=O) groups excluding carboxylic acids is 2. The Kier molecular flexibility index (Phi) is 13.9. The van der Waals surface area contributed by atoms with Crippen molar-refractivity contribution in [1.29, 1.82) is 0 Å². The number of hydrogen-bond acceptors (Lipinski definition) is 7. The molecule has 0 radical (unpaired) electrons. The van der Waals surface area contributed by atoms with Crippen LogP contribution in [0.1, 0.15) is 46.5 Å². The maximum atomic E-state index is 11.0. The zero-order valence-corrected chi connectivity index (χ0v) is 12.9. The van der Waals surface area contributed by atoms with Crippen LogP contribution in [-0.2, 0) is 33.4 Å². The third kappa shape index (κ3) is 15.9.